The third kappa shape index (κ3) is 5.89. The Morgan fingerprint density at radius 2 is 2.08 bits per heavy atom. The molecule has 0 saturated heterocycles. The molecular weight excluding hydrogens is 185 g/mol. The summed E-state index contributed by atoms with van der Waals surface area (Å²) in [6, 6.07) is -1.20. The Morgan fingerprint density at radius 3 is 2.42 bits per heavy atom. The number of aliphatic carboxylic acids is 1. The fourth-order valence-electron chi connectivity index (χ4n) is 0.346. The second kappa shape index (κ2) is 4.24. The Hall–Kier alpha value is -0.860. The van der Waals surface area contributed by atoms with Crippen LogP contribution in [0.1, 0.15) is 6.42 Å². The van der Waals surface area contributed by atoms with Crippen molar-refractivity contribution in [2.75, 3.05) is 0 Å². The average molecular weight is 193 g/mol. The fraction of sp³-hybridized carbons (Fsp3) is 0.400. The summed E-state index contributed by atoms with van der Waals surface area (Å²) in [7, 11) is -4.36. The molecule has 7 heteroatoms. The van der Waals surface area contributed by atoms with Crippen molar-refractivity contribution in [3.63, 3.8) is 0 Å². The first-order chi connectivity index (χ1) is 5.33. The zero-order valence-electron chi connectivity index (χ0n) is 5.97. The maximum Gasteiger partial charge on any atom is 0.400 e. The second-order valence-corrected chi connectivity index (χ2v) is 3.29. The van der Waals surface area contributed by atoms with Crippen molar-refractivity contribution in [3.8, 4) is 11.6 Å². The van der Waals surface area contributed by atoms with Crippen LogP contribution in [0.2, 0.25) is 0 Å². The first kappa shape index (κ1) is 11.1. The van der Waals surface area contributed by atoms with Gasteiger partial charge in [-0.25, -0.2) is 4.57 Å². The minimum absolute atomic E-state index is 0.277. The van der Waals surface area contributed by atoms with Crippen molar-refractivity contribution >= 4 is 13.6 Å². The van der Waals surface area contributed by atoms with Crippen LogP contribution in [0.3, 0.4) is 0 Å². The van der Waals surface area contributed by atoms with Crippen LogP contribution in [0.5, 0.6) is 0 Å². The van der Waals surface area contributed by atoms with Gasteiger partial charge in [-0.2, -0.15) is 0 Å². The molecule has 0 heterocycles. The molecule has 0 aromatic heterocycles. The van der Waals surface area contributed by atoms with Gasteiger partial charge in [0.1, 0.15) is 6.04 Å². The molecule has 68 valence electrons. The van der Waals surface area contributed by atoms with Gasteiger partial charge in [-0.05, 0) is 0 Å². The van der Waals surface area contributed by atoms with Crippen molar-refractivity contribution in [2.45, 2.75) is 12.5 Å². The quantitative estimate of drug-likeness (QED) is 0.327. The summed E-state index contributed by atoms with van der Waals surface area (Å²) in [5.74, 6) is 0.733. The molecule has 0 aromatic carbocycles. The van der Waals surface area contributed by atoms with E-state index in [1.807, 2.05) is 5.92 Å². The number of hydrogen-bond acceptors (Lipinski definition) is 3. The Kier molecular flexibility index (Phi) is 3.93. The van der Waals surface area contributed by atoms with Gasteiger partial charge in [0.2, 0.25) is 0 Å². The van der Waals surface area contributed by atoms with Gasteiger partial charge in [-0.1, -0.05) is 5.92 Å². The average Bonchev–Trinajstić information content (AvgIpc) is 1.84. The lowest BCUT2D eigenvalue weighted by atomic mass is 10.2. The second-order valence-electron chi connectivity index (χ2n) is 1.98. The third-order valence-electron chi connectivity index (χ3n) is 0.864. The smallest absolute Gasteiger partial charge is 0.400 e. The highest BCUT2D eigenvalue weighted by atomic mass is 31.2. The molecule has 0 aliphatic carbocycles. The Balaban J connectivity index is 4.05. The molecule has 0 bridgehead atoms. The molecule has 0 amide bonds. The van der Waals surface area contributed by atoms with Crippen LogP contribution in [0.15, 0.2) is 0 Å². The molecule has 0 aliphatic heterocycles. The maximum absolute atomic E-state index is 10.1. The molecular formula is C5H8NO5P. The lowest BCUT2D eigenvalue weighted by molar-refractivity contribution is -0.138. The molecule has 6 nitrogen and oxygen atoms in total. The van der Waals surface area contributed by atoms with Crippen LogP contribution in [0, 0.1) is 11.6 Å². The largest absolute Gasteiger partial charge is 0.480 e. The summed E-state index contributed by atoms with van der Waals surface area (Å²) < 4.78 is 10.1. The summed E-state index contributed by atoms with van der Waals surface area (Å²) >= 11 is 0. The minimum atomic E-state index is -4.36. The lowest BCUT2D eigenvalue weighted by Crippen LogP contribution is -2.29. The van der Waals surface area contributed by atoms with Gasteiger partial charge < -0.3 is 20.6 Å². The Morgan fingerprint density at radius 1 is 1.58 bits per heavy atom. The van der Waals surface area contributed by atoms with E-state index in [4.69, 9.17) is 20.6 Å². The highest BCUT2D eigenvalue weighted by Gasteiger charge is 2.10. The molecule has 1 unspecified atom stereocenters. The number of hydrogen-bond donors (Lipinski definition) is 4. The Labute approximate surface area is 68.5 Å². The van der Waals surface area contributed by atoms with E-state index in [0.29, 0.717) is 0 Å². The van der Waals surface area contributed by atoms with Crippen molar-refractivity contribution in [3.05, 3.63) is 0 Å². The van der Waals surface area contributed by atoms with Gasteiger partial charge in [0.15, 0.2) is 0 Å². The molecule has 12 heavy (non-hydrogen) atoms. The van der Waals surface area contributed by atoms with Gasteiger partial charge in [0, 0.05) is 12.1 Å². The van der Waals surface area contributed by atoms with Crippen LogP contribution in [-0.2, 0) is 9.36 Å². The zero-order valence-corrected chi connectivity index (χ0v) is 6.86. The topological polar surface area (TPSA) is 121 Å². The van der Waals surface area contributed by atoms with E-state index in [9.17, 15) is 9.36 Å². The molecule has 5 N–H and O–H groups in total. The molecule has 0 radical (unpaired) electrons. The highest BCUT2D eigenvalue weighted by Crippen LogP contribution is 2.31. The van der Waals surface area contributed by atoms with Crippen molar-refractivity contribution in [2.24, 2.45) is 5.73 Å². The predicted octanol–water partition coefficient (Wildman–Crippen LogP) is -1.07. The molecule has 0 spiro atoms. The van der Waals surface area contributed by atoms with E-state index in [0.717, 1.165) is 0 Å². The standard InChI is InChI=1S/C5H8NO5P/c6-4(5(7)8)2-1-3-12(9,10)11/h4H,2,6H2,(H,7,8)(H2,9,10,11). The molecule has 0 fully saturated rings. The molecule has 1 atom stereocenters. The first-order valence-corrected chi connectivity index (χ1v) is 4.48. The van der Waals surface area contributed by atoms with Crippen LogP contribution < -0.4 is 5.73 Å². The van der Waals surface area contributed by atoms with E-state index in [-0.39, 0.29) is 6.42 Å². The van der Waals surface area contributed by atoms with Crippen molar-refractivity contribution < 1.29 is 24.3 Å². The SMILES string of the molecule is NC(CC#CP(=O)(O)O)C(=O)O. The van der Waals surface area contributed by atoms with E-state index < -0.39 is 19.6 Å². The molecule has 0 saturated carbocycles. The lowest BCUT2D eigenvalue weighted by Gasteiger charge is -1.98. The van der Waals surface area contributed by atoms with Gasteiger partial charge in [0.05, 0.1) is 0 Å². The summed E-state index contributed by atoms with van der Waals surface area (Å²) in [5.41, 5.74) is 6.57. The van der Waals surface area contributed by atoms with Crippen molar-refractivity contribution in [1.29, 1.82) is 0 Å². The third-order valence-corrected chi connectivity index (χ3v) is 1.31. The van der Waals surface area contributed by atoms with Crippen LogP contribution in [-0.4, -0.2) is 26.9 Å². The normalized spacial score (nSPS) is 12.9. The molecule has 0 aromatic rings. The van der Waals surface area contributed by atoms with Crippen molar-refractivity contribution in [1.82, 2.24) is 0 Å². The van der Waals surface area contributed by atoms with Crippen LogP contribution in [0.4, 0.5) is 0 Å². The van der Waals surface area contributed by atoms with E-state index >= 15 is 0 Å². The number of carboxylic acids is 1. The van der Waals surface area contributed by atoms with E-state index in [1.165, 1.54) is 0 Å². The van der Waals surface area contributed by atoms with Gasteiger partial charge in [0.25, 0.3) is 0 Å². The number of rotatable bonds is 2. The van der Waals surface area contributed by atoms with Gasteiger partial charge in [-0.15, -0.1) is 0 Å². The van der Waals surface area contributed by atoms with Crippen LogP contribution in [0.25, 0.3) is 0 Å². The molecule has 0 rings (SSSR count). The van der Waals surface area contributed by atoms with E-state index in [1.54, 1.807) is 5.66 Å². The molecule has 0 aliphatic rings. The summed E-state index contributed by atoms with van der Waals surface area (Å²) in [6.07, 6.45) is -0.277. The summed E-state index contributed by atoms with van der Waals surface area (Å²) in [6.45, 7) is 0. The highest BCUT2D eigenvalue weighted by molar-refractivity contribution is 7.57. The van der Waals surface area contributed by atoms with E-state index in [2.05, 4.69) is 0 Å². The van der Waals surface area contributed by atoms with Gasteiger partial charge >= 0.3 is 13.6 Å². The van der Waals surface area contributed by atoms with Gasteiger partial charge in [-0.3, -0.25) is 4.79 Å². The number of nitrogens with two attached hydrogens (primary N) is 1. The fourth-order valence-corrected chi connectivity index (χ4v) is 0.643. The first-order valence-electron chi connectivity index (χ1n) is 2.87. The number of carboxylic acid groups (broad SMARTS) is 1. The zero-order chi connectivity index (χ0) is 9.78. The summed E-state index contributed by atoms with van der Waals surface area (Å²) in [5, 5.41) is 8.22. The van der Waals surface area contributed by atoms with Crippen LogP contribution >= 0.6 is 7.60 Å². The summed E-state index contributed by atoms with van der Waals surface area (Å²) in [4.78, 5) is 26.5. The predicted molar refractivity (Wildman–Crippen MR) is 40.0 cm³/mol. The maximum atomic E-state index is 10.1. The monoisotopic (exact) mass is 193 g/mol. The Bertz CT molecular complexity index is 271. The number of carbonyl (C=O) groups is 1. The minimum Gasteiger partial charge on any atom is -0.480 e.